The molecule has 8 heteroatoms. The minimum atomic E-state index is -0.417. The number of ether oxygens (including phenoxy) is 2. The van der Waals surface area contributed by atoms with Crippen molar-refractivity contribution in [1.82, 2.24) is 10.2 Å². The topological polar surface area (TPSA) is 88.2 Å². The van der Waals surface area contributed by atoms with Gasteiger partial charge >= 0.3 is 12.2 Å². The van der Waals surface area contributed by atoms with E-state index in [1.165, 1.54) is 6.92 Å². The molecular formula is C20H25N3O5. The van der Waals surface area contributed by atoms with Crippen molar-refractivity contribution < 1.29 is 23.9 Å². The van der Waals surface area contributed by atoms with Gasteiger partial charge in [0.05, 0.1) is 13.1 Å². The lowest BCUT2D eigenvalue weighted by Crippen LogP contribution is -2.33. The number of likely N-dealkylation sites (tertiary alicyclic amines) is 1. The monoisotopic (exact) mass is 387 g/mol. The minimum Gasteiger partial charge on any atom is -0.445 e. The van der Waals surface area contributed by atoms with Gasteiger partial charge in [-0.15, -0.1) is 0 Å². The number of carbonyl (C=O) groups is 3. The van der Waals surface area contributed by atoms with E-state index >= 15 is 0 Å². The molecule has 2 aliphatic rings. The van der Waals surface area contributed by atoms with Gasteiger partial charge in [0.25, 0.3) is 0 Å². The van der Waals surface area contributed by atoms with Gasteiger partial charge in [-0.3, -0.25) is 9.69 Å². The molecule has 1 N–H and O–H groups in total. The highest BCUT2D eigenvalue weighted by Gasteiger charge is 2.33. The lowest BCUT2D eigenvalue weighted by atomic mass is 9.98. The van der Waals surface area contributed by atoms with Crippen molar-refractivity contribution >= 4 is 23.8 Å². The minimum absolute atomic E-state index is 0.155. The Hall–Kier alpha value is -3.03. The Morgan fingerprint density at radius 2 is 2.07 bits per heavy atom. The van der Waals surface area contributed by atoms with Gasteiger partial charge in [-0.05, 0) is 24.1 Å². The largest absolute Gasteiger partial charge is 0.445 e. The molecule has 0 aromatic heterocycles. The van der Waals surface area contributed by atoms with Crippen LogP contribution in [0, 0.1) is 0 Å². The van der Waals surface area contributed by atoms with E-state index in [0.29, 0.717) is 26.2 Å². The van der Waals surface area contributed by atoms with Crippen LogP contribution in [0.15, 0.2) is 36.9 Å². The number of benzene rings is 1. The van der Waals surface area contributed by atoms with E-state index in [9.17, 15) is 14.4 Å². The highest BCUT2D eigenvalue weighted by atomic mass is 16.6. The van der Waals surface area contributed by atoms with Crippen molar-refractivity contribution in [3.05, 3.63) is 42.5 Å². The molecule has 3 rings (SSSR count). The van der Waals surface area contributed by atoms with E-state index < -0.39 is 6.09 Å². The summed E-state index contributed by atoms with van der Waals surface area (Å²) in [5.74, 6) is 0.0845. The maximum atomic E-state index is 12.1. The first-order valence-corrected chi connectivity index (χ1v) is 9.33. The lowest BCUT2D eigenvalue weighted by Gasteiger charge is -2.17. The summed E-state index contributed by atoms with van der Waals surface area (Å²) in [4.78, 5) is 38.3. The molecule has 0 saturated carbocycles. The van der Waals surface area contributed by atoms with Crippen molar-refractivity contribution in [2.24, 2.45) is 0 Å². The molecule has 2 aliphatic heterocycles. The lowest BCUT2D eigenvalue weighted by molar-refractivity contribution is -0.119. The van der Waals surface area contributed by atoms with Crippen LogP contribution in [-0.2, 0) is 14.3 Å². The van der Waals surface area contributed by atoms with Crippen molar-refractivity contribution in [1.29, 1.82) is 0 Å². The number of carbonyl (C=O) groups excluding carboxylic acids is 3. The molecule has 1 unspecified atom stereocenters. The van der Waals surface area contributed by atoms with Crippen molar-refractivity contribution in [3.63, 3.8) is 0 Å². The molecule has 0 spiro atoms. The second-order valence-corrected chi connectivity index (χ2v) is 6.94. The number of hydrogen-bond acceptors (Lipinski definition) is 5. The quantitative estimate of drug-likeness (QED) is 0.757. The van der Waals surface area contributed by atoms with Crippen LogP contribution < -0.4 is 10.2 Å². The molecule has 3 amide bonds. The van der Waals surface area contributed by atoms with Gasteiger partial charge in [0.15, 0.2) is 0 Å². The number of cyclic esters (lactones) is 1. The average molecular weight is 387 g/mol. The van der Waals surface area contributed by atoms with Gasteiger partial charge in [-0.1, -0.05) is 24.8 Å². The molecule has 150 valence electrons. The Balaban J connectivity index is 1.57. The Labute approximate surface area is 164 Å². The third-order valence-corrected chi connectivity index (χ3v) is 4.90. The van der Waals surface area contributed by atoms with Crippen LogP contribution >= 0.6 is 0 Å². The van der Waals surface area contributed by atoms with Crippen LogP contribution in [0.1, 0.15) is 24.8 Å². The Kier molecular flexibility index (Phi) is 6.18. The zero-order chi connectivity index (χ0) is 20.1. The molecule has 0 radical (unpaired) electrons. The summed E-state index contributed by atoms with van der Waals surface area (Å²) < 4.78 is 10.4. The number of nitrogens with zero attached hydrogens (tertiary/aromatic N) is 2. The van der Waals surface area contributed by atoms with Crippen molar-refractivity contribution in [2.75, 3.05) is 37.7 Å². The number of rotatable bonds is 6. The average Bonchev–Trinajstić information content (AvgIpc) is 3.31. The van der Waals surface area contributed by atoms with Gasteiger partial charge < -0.3 is 19.7 Å². The number of anilines is 1. The van der Waals surface area contributed by atoms with E-state index in [1.807, 2.05) is 24.3 Å². The smallest absolute Gasteiger partial charge is 0.414 e. The van der Waals surface area contributed by atoms with E-state index in [-0.39, 0.29) is 30.6 Å². The zero-order valence-corrected chi connectivity index (χ0v) is 15.9. The highest BCUT2D eigenvalue weighted by molar-refractivity contribution is 5.89. The predicted molar refractivity (Wildman–Crippen MR) is 103 cm³/mol. The zero-order valence-electron chi connectivity index (χ0n) is 15.9. The summed E-state index contributed by atoms with van der Waals surface area (Å²) >= 11 is 0. The first-order chi connectivity index (χ1) is 13.5. The molecule has 28 heavy (non-hydrogen) atoms. The number of amides is 3. The summed E-state index contributed by atoms with van der Waals surface area (Å²) in [6.07, 6.45) is 1.33. The van der Waals surface area contributed by atoms with Gasteiger partial charge in [0.1, 0.15) is 12.7 Å². The molecule has 0 aliphatic carbocycles. The number of hydrogen-bond donors (Lipinski definition) is 1. The van der Waals surface area contributed by atoms with Crippen LogP contribution in [0.2, 0.25) is 0 Å². The molecule has 1 aromatic carbocycles. The summed E-state index contributed by atoms with van der Waals surface area (Å²) in [6.45, 7) is 7.14. The fraction of sp³-hybridized carbons (Fsp3) is 0.450. The highest BCUT2D eigenvalue weighted by Crippen LogP contribution is 2.30. The van der Waals surface area contributed by atoms with Crippen molar-refractivity contribution in [2.45, 2.75) is 25.4 Å². The molecule has 0 bridgehead atoms. The van der Waals surface area contributed by atoms with Gasteiger partial charge in [0.2, 0.25) is 5.91 Å². The first-order valence-electron chi connectivity index (χ1n) is 9.33. The molecular weight excluding hydrogens is 362 g/mol. The fourth-order valence-corrected chi connectivity index (χ4v) is 3.44. The van der Waals surface area contributed by atoms with Crippen LogP contribution in [0.25, 0.3) is 0 Å². The Morgan fingerprint density at radius 1 is 1.32 bits per heavy atom. The van der Waals surface area contributed by atoms with Crippen LogP contribution in [0.3, 0.4) is 0 Å². The first kappa shape index (κ1) is 19.7. The summed E-state index contributed by atoms with van der Waals surface area (Å²) in [5, 5.41) is 2.66. The standard InChI is InChI=1S/C20H25N3O5/c1-3-10-27-19(25)22-9-8-16(12-22)15-4-6-17(7-5-15)23-13-18(28-20(23)26)11-21-14(2)24/h3-7,16,18H,1,8-13H2,2H3,(H,21,24)/t16?,18-/m0/s1. The van der Waals surface area contributed by atoms with Crippen LogP contribution in [0.4, 0.5) is 15.3 Å². The van der Waals surface area contributed by atoms with Crippen LogP contribution in [0.5, 0.6) is 0 Å². The third-order valence-electron chi connectivity index (χ3n) is 4.90. The fourth-order valence-electron chi connectivity index (χ4n) is 3.44. The molecule has 2 fully saturated rings. The Bertz CT molecular complexity index is 749. The SMILES string of the molecule is C=CCOC(=O)N1CCC(c2ccc(N3C[C@H](CNC(C)=O)OC3=O)cc2)C1. The van der Waals surface area contributed by atoms with E-state index in [0.717, 1.165) is 17.7 Å². The molecule has 2 atom stereocenters. The second-order valence-electron chi connectivity index (χ2n) is 6.94. The van der Waals surface area contributed by atoms with E-state index in [1.54, 1.807) is 15.9 Å². The maximum Gasteiger partial charge on any atom is 0.414 e. The summed E-state index contributed by atoms with van der Waals surface area (Å²) in [6, 6.07) is 7.73. The summed E-state index contributed by atoms with van der Waals surface area (Å²) in [5.41, 5.74) is 1.87. The normalized spacial score (nSPS) is 21.4. The van der Waals surface area contributed by atoms with Crippen LogP contribution in [-0.4, -0.2) is 61.9 Å². The molecule has 8 nitrogen and oxygen atoms in total. The van der Waals surface area contributed by atoms with Gasteiger partial charge in [-0.2, -0.15) is 0 Å². The van der Waals surface area contributed by atoms with E-state index in [4.69, 9.17) is 9.47 Å². The number of nitrogens with one attached hydrogen (secondary N) is 1. The summed E-state index contributed by atoms with van der Waals surface area (Å²) in [7, 11) is 0. The Morgan fingerprint density at radius 3 is 2.75 bits per heavy atom. The van der Waals surface area contributed by atoms with Gasteiger partial charge in [0, 0.05) is 31.6 Å². The second kappa shape index (κ2) is 8.77. The molecule has 1 aromatic rings. The van der Waals surface area contributed by atoms with E-state index in [2.05, 4.69) is 11.9 Å². The predicted octanol–water partition coefficient (Wildman–Crippen LogP) is 2.26. The molecule has 2 saturated heterocycles. The maximum absolute atomic E-state index is 12.1. The molecule has 2 heterocycles. The van der Waals surface area contributed by atoms with Gasteiger partial charge in [-0.25, -0.2) is 9.59 Å². The third kappa shape index (κ3) is 4.62. The van der Waals surface area contributed by atoms with Crippen molar-refractivity contribution in [3.8, 4) is 0 Å².